The van der Waals surface area contributed by atoms with Crippen LogP contribution in [-0.2, 0) is 0 Å². The van der Waals surface area contributed by atoms with E-state index in [1.807, 2.05) is 43.4 Å². The lowest BCUT2D eigenvalue weighted by atomic mass is 9.96. The SMILES string of the molecule is C=Cc1c(/C=C\C)nc(-c2ccc(-c3ccc4ccc(-c5ccc(-c6nc7ccccc7n6-c6ccccc6)cc5)cc4c3)cc2)n1-c1ccccc1. The summed E-state index contributed by atoms with van der Waals surface area (Å²) in [5.41, 5.74) is 12.9. The van der Waals surface area contributed by atoms with Crippen molar-refractivity contribution in [2.75, 3.05) is 0 Å². The number of fused-ring (bicyclic) bond motifs is 2. The molecule has 2 aromatic heterocycles. The first kappa shape index (κ1) is 31.9. The van der Waals surface area contributed by atoms with E-state index in [-0.39, 0.29) is 0 Å². The van der Waals surface area contributed by atoms with Crippen LogP contribution in [0, 0.1) is 0 Å². The van der Waals surface area contributed by atoms with Crippen LogP contribution in [0.1, 0.15) is 18.3 Å². The molecule has 0 N–H and O–H groups in total. The molecule has 0 atom stereocenters. The van der Waals surface area contributed by atoms with Crippen molar-refractivity contribution in [1.29, 1.82) is 0 Å². The number of para-hydroxylation sites is 4. The van der Waals surface area contributed by atoms with Crippen molar-refractivity contribution in [2.45, 2.75) is 6.92 Å². The summed E-state index contributed by atoms with van der Waals surface area (Å²) in [5, 5.41) is 2.41. The van der Waals surface area contributed by atoms with Crippen molar-refractivity contribution in [1.82, 2.24) is 19.1 Å². The topological polar surface area (TPSA) is 35.6 Å². The largest absolute Gasteiger partial charge is 0.292 e. The van der Waals surface area contributed by atoms with Crippen LogP contribution in [0.25, 0.3) is 90.4 Å². The zero-order chi connectivity index (χ0) is 35.7. The monoisotopic (exact) mass is 680 g/mol. The van der Waals surface area contributed by atoms with E-state index >= 15 is 0 Å². The number of aromatic nitrogens is 4. The molecule has 0 spiro atoms. The fourth-order valence-electron chi connectivity index (χ4n) is 7.25. The van der Waals surface area contributed by atoms with Crippen molar-refractivity contribution < 1.29 is 0 Å². The maximum atomic E-state index is 5.05. The Labute approximate surface area is 309 Å². The van der Waals surface area contributed by atoms with Gasteiger partial charge in [-0.3, -0.25) is 9.13 Å². The van der Waals surface area contributed by atoms with E-state index < -0.39 is 0 Å². The highest BCUT2D eigenvalue weighted by Gasteiger charge is 2.17. The van der Waals surface area contributed by atoms with Gasteiger partial charge in [-0.25, -0.2) is 9.97 Å². The fourth-order valence-corrected chi connectivity index (χ4v) is 7.25. The predicted octanol–water partition coefficient (Wildman–Crippen LogP) is 12.7. The Balaban J connectivity index is 1.03. The van der Waals surface area contributed by atoms with Gasteiger partial charge in [-0.05, 0) is 101 Å². The minimum absolute atomic E-state index is 0.886. The molecule has 0 aliphatic heterocycles. The molecule has 9 rings (SSSR count). The Kier molecular flexibility index (Phi) is 8.18. The smallest absolute Gasteiger partial charge is 0.145 e. The predicted molar refractivity (Wildman–Crippen MR) is 222 cm³/mol. The van der Waals surface area contributed by atoms with E-state index in [1.165, 1.54) is 21.9 Å². The van der Waals surface area contributed by atoms with E-state index in [2.05, 4.69) is 167 Å². The third kappa shape index (κ3) is 5.86. The third-order valence-corrected chi connectivity index (χ3v) is 9.84. The van der Waals surface area contributed by atoms with Crippen molar-refractivity contribution in [3.05, 3.63) is 194 Å². The molecule has 4 heteroatoms. The lowest BCUT2D eigenvalue weighted by Crippen LogP contribution is -1.99. The molecule has 0 unspecified atom stereocenters. The normalized spacial score (nSPS) is 11.5. The fraction of sp³-hybridized carbons (Fsp3) is 0.0204. The summed E-state index contributed by atoms with van der Waals surface area (Å²) in [7, 11) is 0. The summed E-state index contributed by atoms with van der Waals surface area (Å²) in [5.74, 6) is 1.82. The molecule has 2 heterocycles. The van der Waals surface area contributed by atoms with Crippen LogP contribution in [0.3, 0.4) is 0 Å². The Morgan fingerprint density at radius 2 is 0.962 bits per heavy atom. The molecule has 0 saturated heterocycles. The van der Waals surface area contributed by atoms with Crippen LogP contribution in [0.4, 0.5) is 0 Å². The first-order chi connectivity index (χ1) is 26.2. The van der Waals surface area contributed by atoms with Crippen LogP contribution in [0.5, 0.6) is 0 Å². The van der Waals surface area contributed by atoms with Crippen LogP contribution in [0.15, 0.2) is 183 Å². The van der Waals surface area contributed by atoms with E-state index in [9.17, 15) is 0 Å². The number of hydrogen-bond acceptors (Lipinski definition) is 2. The molecule has 0 radical (unpaired) electrons. The van der Waals surface area contributed by atoms with Gasteiger partial charge in [-0.15, -0.1) is 0 Å². The van der Waals surface area contributed by atoms with Crippen LogP contribution >= 0.6 is 0 Å². The number of nitrogens with zero attached hydrogens (tertiary/aromatic N) is 4. The number of rotatable bonds is 8. The minimum atomic E-state index is 0.886. The highest BCUT2D eigenvalue weighted by atomic mass is 15.1. The summed E-state index contributed by atoms with van der Waals surface area (Å²) in [6, 6.07) is 60.0. The van der Waals surface area contributed by atoms with E-state index in [4.69, 9.17) is 9.97 Å². The Morgan fingerprint density at radius 3 is 1.53 bits per heavy atom. The van der Waals surface area contributed by atoms with Crippen molar-refractivity contribution >= 4 is 34.0 Å². The molecular formula is C49H36N4. The molecule has 0 saturated carbocycles. The van der Waals surface area contributed by atoms with Crippen molar-refractivity contribution in [3.8, 4) is 56.4 Å². The van der Waals surface area contributed by atoms with Gasteiger partial charge in [-0.1, -0.05) is 134 Å². The molecular weight excluding hydrogens is 645 g/mol. The summed E-state index contributed by atoms with van der Waals surface area (Å²) in [4.78, 5) is 10.1. The second kappa shape index (κ2) is 13.6. The lowest BCUT2D eigenvalue weighted by Gasteiger charge is -2.12. The molecule has 53 heavy (non-hydrogen) atoms. The minimum Gasteiger partial charge on any atom is -0.292 e. The van der Waals surface area contributed by atoms with E-state index in [0.29, 0.717) is 0 Å². The van der Waals surface area contributed by atoms with Gasteiger partial charge < -0.3 is 0 Å². The quantitative estimate of drug-likeness (QED) is 0.160. The van der Waals surface area contributed by atoms with Gasteiger partial charge in [0.05, 0.1) is 22.4 Å². The average molecular weight is 681 g/mol. The zero-order valence-corrected chi connectivity index (χ0v) is 29.4. The Hall–Kier alpha value is -7.04. The van der Waals surface area contributed by atoms with Crippen LogP contribution in [0.2, 0.25) is 0 Å². The van der Waals surface area contributed by atoms with Gasteiger partial charge in [0.15, 0.2) is 0 Å². The summed E-state index contributed by atoms with van der Waals surface area (Å²) >= 11 is 0. The zero-order valence-electron chi connectivity index (χ0n) is 29.4. The lowest BCUT2D eigenvalue weighted by molar-refractivity contribution is 1.05. The third-order valence-electron chi connectivity index (χ3n) is 9.84. The molecule has 0 aliphatic rings. The van der Waals surface area contributed by atoms with Crippen LogP contribution < -0.4 is 0 Å². The standard InChI is InChI=1S/C49H36N4/c1-3-13-44-46(4-2)52(42-14-7-5-8-15-42)48(50-44)37-26-20-34(21-27-37)39-30-24-36-25-31-40(33-41(36)32-39)35-22-28-38(29-23-35)49-51-45-18-11-12-19-47(45)53(49)43-16-9-6-10-17-43/h3-33H,2H2,1H3/b13-3-. The Bertz CT molecular complexity index is 2770. The molecule has 0 bridgehead atoms. The van der Waals surface area contributed by atoms with Crippen molar-refractivity contribution in [2.24, 2.45) is 0 Å². The maximum Gasteiger partial charge on any atom is 0.145 e. The van der Waals surface area contributed by atoms with Gasteiger partial charge >= 0.3 is 0 Å². The van der Waals surface area contributed by atoms with E-state index in [0.717, 1.165) is 67.7 Å². The second-order valence-corrected chi connectivity index (χ2v) is 13.1. The summed E-state index contributed by atoms with van der Waals surface area (Å²) in [6.07, 6.45) is 5.94. The van der Waals surface area contributed by atoms with Gasteiger partial charge in [0, 0.05) is 22.5 Å². The maximum absolute atomic E-state index is 5.05. The molecule has 0 fully saturated rings. The highest BCUT2D eigenvalue weighted by molar-refractivity contribution is 5.91. The molecule has 9 aromatic rings. The van der Waals surface area contributed by atoms with Gasteiger partial charge in [0.2, 0.25) is 0 Å². The van der Waals surface area contributed by atoms with Crippen molar-refractivity contribution in [3.63, 3.8) is 0 Å². The highest BCUT2D eigenvalue weighted by Crippen LogP contribution is 2.34. The number of allylic oxidation sites excluding steroid dienone is 1. The summed E-state index contributed by atoms with van der Waals surface area (Å²) in [6.45, 7) is 6.12. The number of imidazole rings is 2. The van der Waals surface area contributed by atoms with E-state index in [1.54, 1.807) is 0 Å². The molecule has 0 aliphatic carbocycles. The second-order valence-electron chi connectivity index (χ2n) is 13.1. The van der Waals surface area contributed by atoms with Gasteiger partial charge in [0.1, 0.15) is 11.6 Å². The molecule has 7 aromatic carbocycles. The van der Waals surface area contributed by atoms with Gasteiger partial charge in [0.25, 0.3) is 0 Å². The van der Waals surface area contributed by atoms with Crippen LogP contribution in [-0.4, -0.2) is 19.1 Å². The Morgan fingerprint density at radius 1 is 0.472 bits per heavy atom. The summed E-state index contributed by atoms with van der Waals surface area (Å²) < 4.78 is 4.42. The number of hydrogen-bond donors (Lipinski definition) is 0. The molecule has 252 valence electrons. The first-order valence-electron chi connectivity index (χ1n) is 17.9. The molecule has 4 nitrogen and oxygen atoms in total. The first-order valence-corrected chi connectivity index (χ1v) is 17.9. The average Bonchev–Trinajstić information content (AvgIpc) is 3.80. The number of benzene rings is 7. The molecule has 0 amide bonds. The van der Waals surface area contributed by atoms with Gasteiger partial charge in [-0.2, -0.15) is 0 Å².